The Morgan fingerprint density at radius 2 is 1.83 bits per heavy atom. The Morgan fingerprint density at radius 1 is 1.04 bits per heavy atom. The largest absolute Gasteiger partial charge is 0.454 e. The summed E-state index contributed by atoms with van der Waals surface area (Å²) in [6.45, 7) is 0.770. The van der Waals surface area contributed by atoms with Crippen LogP contribution in [0.5, 0.6) is 11.5 Å². The van der Waals surface area contributed by atoms with Crippen molar-refractivity contribution in [3.63, 3.8) is 0 Å². The number of nitrogens with zero attached hydrogens (tertiary/aromatic N) is 2. The summed E-state index contributed by atoms with van der Waals surface area (Å²) >= 11 is 0. The fourth-order valence-corrected chi connectivity index (χ4v) is 2.52. The van der Waals surface area contributed by atoms with Crippen molar-refractivity contribution in [1.82, 2.24) is 4.90 Å². The zero-order valence-corrected chi connectivity index (χ0v) is 13.6. The molecule has 0 spiro atoms. The van der Waals surface area contributed by atoms with Crippen LogP contribution in [0.3, 0.4) is 0 Å². The van der Waals surface area contributed by atoms with E-state index in [-0.39, 0.29) is 12.7 Å². The summed E-state index contributed by atoms with van der Waals surface area (Å²) in [6, 6.07) is 13.4. The topological polar surface area (TPSA) is 42.0 Å². The average Bonchev–Trinajstić information content (AvgIpc) is 3.01. The first-order valence-corrected chi connectivity index (χ1v) is 7.46. The number of fused-ring (bicyclic) bond motifs is 1. The lowest BCUT2D eigenvalue weighted by Gasteiger charge is -2.19. The van der Waals surface area contributed by atoms with Crippen LogP contribution in [0.4, 0.5) is 5.69 Å². The van der Waals surface area contributed by atoms with E-state index in [9.17, 15) is 4.79 Å². The second kappa shape index (κ2) is 6.20. The Labute approximate surface area is 136 Å². The first-order valence-electron chi connectivity index (χ1n) is 7.46. The van der Waals surface area contributed by atoms with E-state index in [2.05, 4.69) is 0 Å². The lowest BCUT2D eigenvalue weighted by atomic mass is 10.1. The monoisotopic (exact) mass is 312 g/mol. The Hall–Kier alpha value is -2.69. The van der Waals surface area contributed by atoms with E-state index in [1.54, 1.807) is 11.9 Å². The minimum atomic E-state index is -0.00799. The molecule has 0 fully saturated rings. The SMILES string of the molecule is CN(Cc1ccc2c(c1)OCO2)C(=O)c1cccc(N(C)C)c1. The average molecular weight is 312 g/mol. The lowest BCUT2D eigenvalue weighted by Crippen LogP contribution is -2.26. The van der Waals surface area contributed by atoms with E-state index in [1.165, 1.54) is 0 Å². The first kappa shape index (κ1) is 15.2. The van der Waals surface area contributed by atoms with Gasteiger partial charge in [-0.2, -0.15) is 0 Å². The summed E-state index contributed by atoms with van der Waals surface area (Å²) in [4.78, 5) is 16.3. The third-order valence-electron chi connectivity index (χ3n) is 3.81. The van der Waals surface area contributed by atoms with Crippen molar-refractivity contribution < 1.29 is 14.3 Å². The standard InChI is InChI=1S/C18H20N2O3/c1-19(2)15-6-4-5-14(10-15)18(21)20(3)11-13-7-8-16-17(9-13)23-12-22-16/h4-10H,11-12H2,1-3H3. The molecule has 2 aromatic carbocycles. The highest BCUT2D eigenvalue weighted by atomic mass is 16.7. The van der Waals surface area contributed by atoms with Gasteiger partial charge in [-0.05, 0) is 35.9 Å². The maximum absolute atomic E-state index is 12.6. The Morgan fingerprint density at radius 3 is 2.61 bits per heavy atom. The van der Waals surface area contributed by atoms with Crippen LogP contribution in [0, 0.1) is 0 Å². The molecule has 0 saturated carbocycles. The van der Waals surface area contributed by atoms with Crippen LogP contribution < -0.4 is 14.4 Å². The fourth-order valence-electron chi connectivity index (χ4n) is 2.52. The third kappa shape index (κ3) is 3.23. The van der Waals surface area contributed by atoms with Crippen LogP contribution in [0.25, 0.3) is 0 Å². The summed E-state index contributed by atoms with van der Waals surface area (Å²) in [5.41, 5.74) is 2.70. The molecule has 1 aliphatic heterocycles. The molecule has 1 aliphatic rings. The second-order valence-corrected chi connectivity index (χ2v) is 5.79. The van der Waals surface area contributed by atoms with Crippen LogP contribution >= 0.6 is 0 Å². The molecule has 3 rings (SSSR count). The number of hydrogen-bond donors (Lipinski definition) is 0. The molecule has 0 N–H and O–H groups in total. The van der Waals surface area contributed by atoms with Crippen molar-refractivity contribution in [2.75, 3.05) is 32.8 Å². The molecule has 0 saturated heterocycles. The Balaban J connectivity index is 1.74. The minimum absolute atomic E-state index is 0.00799. The van der Waals surface area contributed by atoms with Gasteiger partial charge in [0, 0.05) is 38.9 Å². The van der Waals surface area contributed by atoms with Gasteiger partial charge in [-0.1, -0.05) is 12.1 Å². The zero-order chi connectivity index (χ0) is 16.4. The van der Waals surface area contributed by atoms with Crippen molar-refractivity contribution in [3.8, 4) is 11.5 Å². The van der Waals surface area contributed by atoms with E-state index in [4.69, 9.17) is 9.47 Å². The van der Waals surface area contributed by atoms with Gasteiger partial charge < -0.3 is 19.3 Å². The highest BCUT2D eigenvalue weighted by molar-refractivity contribution is 5.95. The van der Waals surface area contributed by atoms with E-state index in [1.807, 2.05) is 61.5 Å². The first-order chi connectivity index (χ1) is 11.0. The molecule has 5 heteroatoms. The molecule has 5 nitrogen and oxygen atoms in total. The molecular weight excluding hydrogens is 292 g/mol. The lowest BCUT2D eigenvalue weighted by molar-refractivity contribution is 0.0785. The molecule has 0 unspecified atom stereocenters. The molecular formula is C18H20N2O3. The van der Waals surface area contributed by atoms with Gasteiger partial charge in [-0.15, -0.1) is 0 Å². The van der Waals surface area contributed by atoms with Gasteiger partial charge in [0.25, 0.3) is 5.91 Å². The number of rotatable bonds is 4. The quantitative estimate of drug-likeness (QED) is 0.870. The van der Waals surface area contributed by atoms with Gasteiger partial charge >= 0.3 is 0 Å². The Bertz CT molecular complexity index is 728. The maximum Gasteiger partial charge on any atom is 0.253 e. The third-order valence-corrected chi connectivity index (χ3v) is 3.81. The van der Waals surface area contributed by atoms with Crippen LogP contribution in [-0.4, -0.2) is 38.7 Å². The number of amides is 1. The highest BCUT2D eigenvalue weighted by Crippen LogP contribution is 2.32. The number of carbonyl (C=O) groups excluding carboxylic acids is 1. The van der Waals surface area contributed by atoms with Crippen molar-refractivity contribution in [3.05, 3.63) is 53.6 Å². The van der Waals surface area contributed by atoms with E-state index < -0.39 is 0 Å². The molecule has 0 atom stereocenters. The number of benzene rings is 2. The number of anilines is 1. The Kier molecular flexibility index (Phi) is 4.10. The van der Waals surface area contributed by atoms with E-state index in [0.29, 0.717) is 12.1 Å². The molecule has 0 bridgehead atoms. The van der Waals surface area contributed by atoms with Crippen LogP contribution in [0.15, 0.2) is 42.5 Å². The predicted octanol–water partition coefficient (Wildman–Crippen LogP) is 2.75. The van der Waals surface area contributed by atoms with Gasteiger partial charge in [0.05, 0.1) is 0 Å². The molecule has 2 aromatic rings. The van der Waals surface area contributed by atoms with Crippen molar-refractivity contribution in [2.24, 2.45) is 0 Å². The summed E-state index contributed by atoms with van der Waals surface area (Å²) in [5, 5.41) is 0. The second-order valence-electron chi connectivity index (χ2n) is 5.79. The molecule has 23 heavy (non-hydrogen) atoms. The molecule has 0 radical (unpaired) electrons. The normalized spacial score (nSPS) is 12.1. The minimum Gasteiger partial charge on any atom is -0.454 e. The zero-order valence-electron chi connectivity index (χ0n) is 13.6. The molecule has 1 heterocycles. The van der Waals surface area contributed by atoms with Crippen molar-refractivity contribution in [2.45, 2.75) is 6.54 Å². The summed E-state index contributed by atoms with van der Waals surface area (Å²) in [5.74, 6) is 1.48. The summed E-state index contributed by atoms with van der Waals surface area (Å²) in [6.07, 6.45) is 0. The van der Waals surface area contributed by atoms with Crippen LogP contribution in [-0.2, 0) is 6.54 Å². The summed E-state index contributed by atoms with van der Waals surface area (Å²) < 4.78 is 10.7. The molecule has 0 aromatic heterocycles. The molecule has 120 valence electrons. The van der Waals surface area contributed by atoms with Crippen molar-refractivity contribution >= 4 is 11.6 Å². The maximum atomic E-state index is 12.6. The van der Waals surface area contributed by atoms with E-state index >= 15 is 0 Å². The van der Waals surface area contributed by atoms with Gasteiger partial charge in [0.1, 0.15) is 0 Å². The van der Waals surface area contributed by atoms with Crippen LogP contribution in [0.1, 0.15) is 15.9 Å². The number of carbonyl (C=O) groups is 1. The molecule has 1 amide bonds. The summed E-state index contributed by atoms with van der Waals surface area (Å²) in [7, 11) is 5.72. The van der Waals surface area contributed by atoms with Gasteiger partial charge in [-0.25, -0.2) is 0 Å². The van der Waals surface area contributed by atoms with Crippen molar-refractivity contribution in [1.29, 1.82) is 0 Å². The number of hydrogen-bond acceptors (Lipinski definition) is 4. The molecule has 0 aliphatic carbocycles. The highest BCUT2D eigenvalue weighted by Gasteiger charge is 2.16. The smallest absolute Gasteiger partial charge is 0.253 e. The predicted molar refractivity (Wildman–Crippen MR) is 89.1 cm³/mol. The van der Waals surface area contributed by atoms with Gasteiger partial charge in [0.15, 0.2) is 11.5 Å². The van der Waals surface area contributed by atoms with E-state index in [0.717, 1.165) is 22.7 Å². The van der Waals surface area contributed by atoms with Crippen LogP contribution in [0.2, 0.25) is 0 Å². The van der Waals surface area contributed by atoms with Gasteiger partial charge in [-0.3, -0.25) is 4.79 Å². The fraction of sp³-hybridized carbons (Fsp3) is 0.278. The van der Waals surface area contributed by atoms with Gasteiger partial charge in [0.2, 0.25) is 6.79 Å². The number of ether oxygens (including phenoxy) is 2.